The molecule has 0 N–H and O–H groups in total. The lowest BCUT2D eigenvalue weighted by atomic mass is 9.71. The van der Waals surface area contributed by atoms with E-state index >= 15 is 0 Å². The predicted octanol–water partition coefficient (Wildman–Crippen LogP) is 14.6. The number of benzene rings is 5. The van der Waals surface area contributed by atoms with Gasteiger partial charge in [-0.2, -0.15) is 0 Å². The van der Waals surface area contributed by atoms with Crippen molar-refractivity contribution < 1.29 is 9.60 Å². The van der Waals surface area contributed by atoms with Gasteiger partial charge in [-0.1, -0.05) is 159 Å². The fourth-order valence-corrected chi connectivity index (χ4v) is 8.27. The Kier molecular flexibility index (Phi) is 10.2. The summed E-state index contributed by atoms with van der Waals surface area (Å²) in [5, 5.41) is 0. The Bertz CT molecular complexity index is 3000. The van der Waals surface area contributed by atoms with Crippen molar-refractivity contribution in [2.45, 2.75) is 83.8 Å². The highest BCUT2D eigenvalue weighted by Crippen LogP contribution is 2.43. The largest absolute Gasteiger partial charge is 0.256 e. The molecule has 8 aromatic rings. The Balaban J connectivity index is 1.08. The van der Waals surface area contributed by atoms with Gasteiger partial charge in [-0.25, -0.2) is 0 Å². The Hall–Kier alpha value is -6.45. The minimum Gasteiger partial charge on any atom is -0.256 e. The number of nitrogens with zero attached hydrogens (tertiary/aromatic N) is 3. The third-order valence-electron chi connectivity index (χ3n) is 12.1. The van der Waals surface area contributed by atoms with E-state index in [-0.39, 0.29) is 28.5 Å². The van der Waals surface area contributed by atoms with Crippen LogP contribution in [0.25, 0.3) is 44.9 Å². The summed E-state index contributed by atoms with van der Waals surface area (Å²) in [4.78, 5) is 14.1. The van der Waals surface area contributed by atoms with Crippen LogP contribution in [0.2, 0.25) is 0 Å². The molecule has 0 radical (unpaired) electrons. The van der Waals surface area contributed by atoms with Crippen LogP contribution in [0, 0.1) is 5.41 Å². The first kappa shape index (κ1) is 33.2. The van der Waals surface area contributed by atoms with Crippen molar-refractivity contribution in [2.75, 3.05) is 0 Å². The monoisotopic (exact) mass is 814 g/mol. The highest BCUT2D eigenvalue weighted by atomic mass is 14.7. The Morgan fingerprint density at radius 1 is 0.468 bits per heavy atom. The van der Waals surface area contributed by atoms with Crippen molar-refractivity contribution in [3.8, 4) is 44.9 Å². The summed E-state index contributed by atoms with van der Waals surface area (Å²) >= 11 is 0. The molecule has 308 valence electrons. The van der Waals surface area contributed by atoms with Crippen molar-refractivity contribution in [2.24, 2.45) is 5.41 Å². The summed E-state index contributed by atoms with van der Waals surface area (Å²) in [6, 6.07) is 51.8. The third kappa shape index (κ3) is 10.3. The van der Waals surface area contributed by atoms with E-state index in [9.17, 15) is 9.60 Å². The van der Waals surface area contributed by atoms with E-state index < -0.39 is 25.0 Å². The molecule has 5 aromatic carbocycles. The second-order valence-corrected chi connectivity index (χ2v) is 17.2. The summed E-state index contributed by atoms with van der Waals surface area (Å²) < 4.78 is 67.8. The van der Waals surface area contributed by atoms with Crippen molar-refractivity contribution in [3.63, 3.8) is 0 Å². The van der Waals surface area contributed by atoms with Crippen LogP contribution in [0.15, 0.2) is 182 Å². The average Bonchev–Trinajstić information content (AvgIpc) is 3.37. The van der Waals surface area contributed by atoms with Crippen molar-refractivity contribution >= 4 is 0 Å². The zero-order valence-electron chi connectivity index (χ0n) is 42.6. The number of aromatic nitrogens is 3. The number of aryl methyl sites for hydroxylation is 6. The van der Waals surface area contributed by atoms with Crippen molar-refractivity contribution in [1.29, 1.82) is 0 Å². The minimum absolute atomic E-state index is 0.0267. The van der Waals surface area contributed by atoms with Crippen LogP contribution in [0.5, 0.6) is 0 Å². The minimum atomic E-state index is -2.67. The van der Waals surface area contributed by atoms with Crippen molar-refractivity contribution in [3.05, 3.63) is 221 Å². The van der Waals surface area contributed by atoms with E-state index in [2.05, 4.69) is 18.8 Å². The van der Waals surface area contributed by atoms with Gasteiger partial charge in [0.15, 0.2) is 0 Å². The van der Waals surface area contributed by atoms with Gasteiger partial charge in [0.2, 0.25) is 0 Å². The van der Waals surface area contributed by atoms with Gasteiger partial charge in [0.05, 0.1) is 17.1 Å². The SMILES string of the molecule is [2H]C([2H])(Cc1ccc(-c2ccccc2)nc1)c1cc(CCc2ccc(-c3ccccc3)nc2)cc(C([2H])([2H])C([2H])([2H])c2cnc(-c3ccccc3)cc2-c2ccc(C3([2H])CCC(C)(C)CC3)cc2)c1. The number of pyridine rings is 3. The number of hydrogen-bond acceptors (Lipinski definition) is 3. The number of hydrogen-bond donors (Lipinski definition) is 0. The molecule has 1 saturated carbocycles. The fourth-order valence-electron chi connectivity index (χ4n) is 8.27. The summed E-state index contributed by atoms with van der Waals surface area (Å²) in [7, 11) is 0. The van der Waals surface area contributed by atoms with Crippen molar-refractivity contribution in [1.82, 2.24) is 15.0 Å². The van der Waals surface area contributed by atoms with Crippen LogP contribution < -0.4 is 0 Å². The quantitative estimate of drug-likeness (QED) is 0.110. The molecular weight excluding hydrogens is 751 g/mol. The second kappa shape index (κ2) is 19.1. The molecule has 0 spiro atoms. The van der Waals surface area contributed by atoms with E-state index in [0.29, 0.717) is 40.8 Å². The Labute approximate surface area is 378 Å². The molecule has 3 heterocycles. The van der Waals surface area contributed by atoms with Crippen LogP contribution in [-0.4, -0.2) is 15.0 Å². The molecule has 9 rings (SSSR count). The molecule has 0 saturated heterocycles. The van der Waals surface area contributed by atoms with Crippen LogP contribution >= 0.6 is 0 Å². The summed E-state index contributed by atoms with van der Waals surface area (Å²) in [5.74, 6) is -0.714. The molecule has 3 heteroatoms. The maximum atomic E-state index is 9.85. The second-order valence-electron chi connectivity index (χ2n) is 17.2. The standard InChI is InChI=1S/C59H57N3/c1-59(2)34-32-49(33-35-59)48-26-28-50(29-27-48)55-39-58(53-16-10-5-11-17-53)62-42-54(55)25-22-47-37-45(20-18-43-23-30-56(60-40-43)51-12-6-3-7-13-51)36-46(38-47)21-19-44-24-31-57(61-41-44)52-14-8-4-9-15-52/h3-17,23-24,26-31,36-42,49H,18-22,25,32-35H2,1-2H3/i20D2,22D2,25D2,49D. The maximum Gasteiger partial charge on any atom is 0.0708 e. The van der Waals surface area contributed by atoms with E-state index in [1.54, 1.807) is 18.3 Å². The smallest absolute Gasteiger partial charge is 0.0708 e. The molecule has 0 amide bonds. The lowest BCUT2D eigenvalue weighted by Crippen LogP contribution is -2.20. The van der Waals surface area contributed by atoms with E-state index in [1.165, 1.54) is 12.3 Å². The molecule has 0 atom stereocenters. The normalized spacial score (nSPS) is 16.7. The molecule has 0 unspecified atom stereocenters. The Morgan fingerprint density at radius 3 is 1.53 bits per heavy atom. The van der Waals surface area contributed by atoms with Gasteiger partial charge in [0, 0.05) is 44.9 Å². The summed E-state index contributed by atoms with van der Waals surface area (Å²) in [6.45, 7) is 4.52. The zero-order valence-corrected chi connectivity index (χ0v) is 35.6. The molecule has 62 heavy (non-hydrogen) atoms. The van der Waals surface area contributed by atoms with Gasteiger partial charge >= 0.3 is 0 Å². The van der Waals surface area contributed by atoms with Gasteiger partial charge in [0.1, 0.15) is 0 Å². The molecule has 0 aliphatic heterocycles. The van der Waals surface area contributed by atoms with E-state index in [0.717, 1.165) is 64.9 Å². The van der Waals surface area contributed by atoms with Crippen LogP contribution in [0.1, 0.15) is 94.0 Å². The first-order chi connectivity index (χ1) is 33.0. The first-order valence-electron chi connectivity index (χ1n) is 25.3. The zero-order chi connectivity index (χ0) is 48.4. The third-order valence-corrected chi connectivity index (χ3v) is 12.1. The molecule has 1 aliphatic rings. The predicted molar refractivity (Wildman–Crippen MR) is 258 cm³/mol. The van der Waals surface area contributed by atoms with Crippen LogP contribution in [0.4, 0.5) is 0 Å². The molecule has 3 nitrogen and oxygen atoms in total. The molecular formula is C59H57N3. The molecule has 1 aliphatic carbocycles. The Morgan fingerprint density at radius 2 is 0.968 bits per heavy atom. The summed E-state index contributed by atoms with van der Waals surface area (Å²) in [5.41, 5.74) is 10.1. The maximum absolute atomic E-state index is 9.85. The van der Waals surface area contributed by atoms with Gasteiger partial charge < -0.3 is 0 Å². The van der Waals surface area contributed by atoms with Crippen LogP contribution in [0.3, 0.4) is 0 Å². The van der Waals surface area contributed by atoms with Crippen LogP contribution in [-0.2, 0) is 38.4 Å². The fraction of sp³-hybridized carbons (Fsp3) is 0.237. The first-order valence-corrected chi connectivity index (χ1v) is 21.8. The highest BCUT2D eigenvalue weighted by Gasteiger charge is 2.27. The summed E-state index contributed by atoms with van der Waals surface area (Å²) in [6.07, 6.45) is 2.10. The van der Waals surface area contributed by atoms with Gasteiger partial charge in [-0.15, -0.1) is 0 Å². The lowest BCUT2D eigenvalue weighted by molar-refractivity contribution is 0.224. The topological polar surface area (TPSA) is 38.7 Å². The molecule has 0 bridgehead atoms. The van der Waals surface area contributed by atoms with E-state index in [1.807, 2.05) is 152 Å². The average molecular weight is 815 g/mol. The lowest BCUT2D eigenvalue weighted by Gasteiger charge is -2.34. The van der Waals surface area contributed by atoms with E-state index in [4.69, 9.17) is 9.97 Å². The van der Waals surface area contributed by atoms with Gasteiger partial charge in [0.25, 0.3) is 0 Å². The highest BCUT2D eigenvalue weighted by molar-refractivity contribution is 5.73. The van der Waals surface area contributed by atoms with Gasteiger partial charge in [-0.05, 0) is 144 Å². The molecule has 3 aromatic heterocycles. The van der Waals surface area contributed by atoms with Gasteiger partial charge in [-0.3, -0.25) is 15.0 Å². The molecule has 1 fully saturated rings. The number of rotatable bonds is 14.